The summed E-state index contributed by atoms with van der Waals surface area (Å²) < 4.78 is 6.61. The van der Waals surface area contributed by atoms with Gasteiger partial charge in [0.05, 0.1) is 25.0 Å². The van der Waals surface area contributed by atoms with Crippen molar-refractivity contribution in [3.8, 4) is 0 Å². The Hall–Kier alpha value is -1.93. The Morgan fingerprint density at radius 2 is 2.17 bits per heavy atom. The van der Waals surface area contributed by atoms with Gasteiger partial charge in [0.2, 0.25) is 0 Å². The van der Waals surface area contributed by atoms with E-state index in [0.29, 0.717) is 31.4 Å². The molecule has 2 amide bonds. The predicted octanol–water partition coefficient (Wildman–Crippen LogP) is 0.459. The van der Waals surface area contributed by atoms with Crippen molar-refractivity contribution in [2.24, 2.45) is 0 Å². The summed E-state index contributed by atoms with van der Waals surface area (Å²) >= 11 is 0. The second-order valence-corrected chi connectivity index (χ2v) is 6.08. The van der Waals surface area contributed by atoms with Crippen LogP contribution < -0.4 is 10.6 Å². The van der Waals surface area contributed by atoms with Crippen LogP contribution in [-0.4, -0.2) is 65.9 Å². The largest absolute Gasteiger partial charge is 0.383 e. The van der Waals surface area contributed by atoms with E-state index in [-0.39, 0.29) is 0 Å². The van der Waals surface area contributed by atoms with Crippen LogP contribution in [0.4, 0.5) is 5.69 Å². The van der Waals surface area contributed by atoms with Gasteiger partial charge in [-0.2, -0.15) is 5.10 Å². The molecule has 1 aliphatic heterocycles. The number of carbonyl (C=O) groups excluding carboxylic acids is 2. The molecule has 0 aromatic carbocycles. The maximum absolute atomic E-state index is 11.9. The standard InChI is InChI=1S/C16H27N5O3/c1-13-5-3-4-7-20(13)8-6-17-15(22)16(23)19-14-11-18-21(12-14)9-10-24-2/h11-13H,3-10H2,1-2H3,(H,17,22)(H,19,23). The molecule has 134 valence electrons. The monoisotopic (exact) mass is 337 g/mol. The number of carbonyl (C=O) groups is 2. The first-order chi connectivity index (χ1) is 11.6. The molecule has 0 saturated carbocycles. The zero-order valence-electron chi connectivity index (χ0n) is 14.5. The SMILES string of the molecule is COCCn1cc(NC(=O)C(=O)NCCN2CCCCC2C)cn1. The minimum atomic E-state index is -0.673. The maximum Gasteiger partial charge on any atom is 0.313 e. The molecule has 1 atom stereocenters. The molecule has 1 aromatic heterocycles. The van der Waals surface area contributed by atoms with Crippen molar-refractivity contribution in [3.05, 3.63) is 12.4 Å². The van der Waals surface area contributed by atoms with Gasteiger partial charge in [0.25, 0.3) is 0 Å². The number of hydrogen-bond acceptors (Lipinski definition) is 5. The fourth-order valence-electron chi connectivity index (χ4n) is 2.81. The van der Waals surface area contributed by atoms with Crippen LogP contribution in [0.5, 0.6) is 0 Å². The third kappa shape index (κ3) is 5.61. The molecular formula is C16H27N5O3. The van der Waals surface area contributed by atoms with Crippen LogP contribution in [0.2, 0.25) is 0 Å². The molecule has 24 heavy (non-hydrogen) atoms. The normalized spacial score (nSPS) is 18.3. The van der Waals surface area contributed by atoms with Crippen LogP contribution in [0.3, 0.4) is 0 Å². The lowest BCUT2D eigenvalue weighted by Gasteiger charge is -2.33. The molecular weight excluding hydrogens is 310 g/mol. The number of nitrogens with zero attached hydrogens (tertiary/aromatic N) is 3. The molecule has 2 rings (SSSR count). The van der Waals surface area contributed by atoms with Crippen LogP contribution in [0.25, 0.3) is 0 Å². The number of likely N-dealkylation sites (tertiary alicyclic amines) is 1. The second kappa shape index (κ2) is 9.39. The van der Waals surface area contributed by atoms with E-state index in [9.17, 15) is 9.59 Å². The van der Waals surface area contributed by atoms with Crippen molar-refractivity contribution in [3.63, 3.8) is 0 Å². The van der Waals surface area contributed by atoms with E-state index in [1.165, 1.54) is 25.5 Å². The summed E-state index contributed by atoms with van der Waals surface area (Å²) in [5.41, 5.74) is 0.496. The van der Waals surface area contributed by atoms with Gasteiger partial charge in [0.15, 0.2) is 0 Å². The molecule has 1 fully saturated rings. The lowest BCUT2D eigenvalue weighted by atomic mass is 10.0. The number of anilines is 1. The molecule has 0 aliphatic carbocycles. The first-order valence-corrected chi connectivity index (χ1v) is 8.44. The highest BCUT2D eigenvalue weighted by Gasteiger charge is 2.19. The molecule has 2 N–H and O–H groups in total. The zero-order valence-corrected chi connectivity index (χ0v) is 14.5. The van der Waals surface area contributed by atoms with Crippen molar-refractivity contribution in [2.45, 2.75) is 38.8 Å². The summed E-state index contributed by atoms with van der Waals surface area (Å²) in [6, 6.07) is 0.544. The van der Waals surface area contributed by atoms with E-state index in [4.69, 9.17) is 4.74 Å². The molecule has 2 heterocycles. The molecule has 0 spiro atoms. The highest BCUT2D eigenvalue weighted by Crippen LogP contribution is 2.15. The van der Waals surface area contributed by atoms with Gasteiger partial charge in [0, 0.05) is 32.4 Å². The molecule has 0 radical (unpaired) electrons. The quantitative estimate of drug-likeness (QED) is 0.706. The minimum absolute atomic E-state index is 0.476. The van der Waals surface area contributed by atoms with Crippen molar-refractivity contribution >= 4 is 17.5 Å². The fraction of sp³-hybridized carbons (Fsp3) is 0.688. The Labute approximate surface area is 142 Å². The Balaban J connectivity index is 1.69. The first-order valence-electron chi connectivity index (χ1n) is 8.44. The zero-order chi connectivity index (χ0) is 17.4. The highest BCUT2D eigenvalue weighted by atomic mass is 16.5. The molecule has 8 heteroatoms. The van der Waals surface area contributed by atoms with Crippen molar-refractivity contribution in [1.82, 2.24) is 20.0 Å². The summed E-state index contributed by atoms with van der Waals surface area (Å²) in [7, 11) is 1.61. The van der Waals surface area contributed by atoms with Gasteiger partial charge in [0.1, 0.15) is 0 Å². The summed E-state index contributed by atoms with van der Waals surface area (Å²) in [5.74, 6) is -1.29. The Bertz CT molecular complexity index is 546. The number of aromatic nitrogens is 2. The number of nitrogens with one attached hydrogen (secondary N) is 2. The van der Waals surface area contributed by atoms with Crippen LogP contribution in [0, 0.1) is 0 Å². The second-order valence-electron chi connectivity index (χ2n) is 6.08. The van der Waals surface area contributed by atoms with Gasteiger partial charge < -0.3 is 15.4 Å². The number of piperidine rings is 1. The van der Waals surface area contributed by atoms with E-state index in [1.54, 1.807) is 18.0 Å². The summed E-state index contributed by atoms with van der Waals surface area (Å²) in [6.45, 7) is 5.63. The van der Waals surface area contributed by atoms with Gasteiger partial charge in [-0.05, 0) is 26.3 Å². The number of methoxy groups -OCH3 is 1. The van der Waals surface area contributed by atoms with Crippen LogP contribution in [-0.2, 0) is 20.9 Å². The van der Waals surface area contributed by atoms with Gasteiger partial charge in [-0.1, -0.05) is 6.42 Å². The lowest BCUT2D eigenvalue weighted by molar-refractivity contribution is -0.136. The third-order valence-corrected chi connectivity index (χ3v) is 4.25. The Morgan fingerprint density at radius 1 is 1.33 bits per heavy atom. The fourth-order valence-corrected chi connectivity index (χ4v) is 2.81. The number of rotatable bonds is 7. The third-order valence-electron chi connectivity index (χ3n) is 4.25. The molecule has 1 aliphatic rings. The molecule has 8 nitrogen and oxygen atoms in total. The van der Waals surface area contributed by atoms with E-state index < -0.39 is 11.8 Å². The minimum Gasteiger partial charge on any atom is -0.383 e. The van der Waals surface area contributed by atoms with E-state index in [1.807, 2.05) is 0 Å². The van der Waals surface area contributed by atoms with Crippen molar-refractivity contribution in [2.75, 3.05) is 38.7 Å². The first kappa shape index (κ1) is 18.4. The van der Waals surface area contributed by atoms with Crippen LogP contribution in [0.15, 0.2) is 12.4 Å². The van der Waals surface area contributed by atoms with Gasteiger partial charge in [-0.3, -0.25) is 19.2 Å². The van der Waals surface area contributed by atoms with Crippen molar-refractivity contribution in [1.29, 1.82) is 0 Å². The maximum atomic E-state index is 11.9. The summed E-state index contributed by atoms with van der Waals surface area (Å²) in [4.78, 5) is 26.1. The Morgan fingerprint density at radius 3 is 2.92 bits per heavy atom. The average molecular weight is 337 g/mol. The van der Waals surface area contributed by atoms with E-state index in [2.05, 4.69) is 27.6 Å². The number of ether oxygens (including phenoxy) is 1. The molecule has 1 aromatic rings. The summed E-state index contributed by atoms with van der Waals surface area (Å²) in [5, 5.41) is 9.30. The topological polar surface area (TPSA) is 88.5 Å². The highest BCUT2D eigenvalue weighted by molar-refractivity contribution is 6.39. The Kier molecular flexibility index (Phi) is 7.20. The van der Waals surface area contributed by atoms with Gasteiger partial charge in [-0.25, -0.2) is 0 Å². The summed E-state index contributed by atoms with van der Waals surface area (Å²) in [6.07, 6.45) is 6.84. The van der Waals surface area contributed by atoms with E-state index >= 15 is 0 Å². The smallest absolute Gasteiger partial charge is 0.313 e. The number of hydrogen-bond donors (Lipinski definition) is 2. The average Bonchev–Trinajstić information content (AvgIpc) is 3.02. The van der Waals surface area contributed by atoms with Crippen LogP contribution in [0.1, 0.15) is 26.2 Å². The van der Waals surface area contributed by atoms with Crippen LogP contribution >= 0.6 is 0 Å². The molecule has 1 saturated heterocycles. The molecule has 1 unspecified atom stereocenters. The molecule has 0 bridgehead atoms. The predicted molar refractivity (Wildman–Crippen MR) is 90.6 cm³/mol. The van der Waals surface area contributed by atoms with Gasteiger partial charge in [-0.15, -0.1) is 0 Å². The van der Waals surface area contributed by atoms with Crippen molar-refractivity contribution < 1.29 is 14.3 Å². The van der Waals surface area contributed by atoms with Gasteiger partial charge >= 0.3 is 11.8 Å². The van der Waals surface area contributed by atoms with E-state index in [0.717, 1.165) is 13.1 Å². The lowest BCUT2D eigenvalue weighted by Crippen LogP contribution is -2.44. The number of amides is 2.